The minimum absolute atomic E-state index is 0.0886. The number of pyridine rings is 1. The summed E-state index contributed by atoms with van der Waals surface area (Å²) in [5, 5.41) is 3.20. The molecule has 0 atom stereocenters. The van der Waals surface area contributed by atoms with Gasteiger partial charge in [-0.25, -0.2) is 4.98 Å². The van der Waals surface area contributed by atoms with E-state index in [1.807, 2.05) is 0 Å². The van der Waals surface area contributed by atoms with Crippen LogP contribution in [0.4, 0.5) is 5.69 Å². The number of amides is 1. The third kappa shape index (κ3) is 3.25. The Morgan fingerprint density at radius 3 is 2.84 bits per heavy atom. The molecule has 1 aliphatic rings. The summed E-state index contributed by atoms with van der Waals surface area (Å²) in [6.07, 6.45) is 2.80. The third-order valence-corrected chi connectivity index (χ3v) is 4.51. The molecule has 2 rings (SSSR count). The largest absolute Gasteiger partial charge is 0.381 e. The van der Waals surface area contributed by atoms with Gasteiger partial charge in [0, 0.05) is 19.8 Å². The molecule has 1 aliphatic heterocycles. The van der Waals surface area contributed by atoms with Crippen LogP contribution in [-0.2, 0) is 9.53 Å². The molecule has 1 aromatic rings. The van der Waals surface area contributed by atoms with Gasteiger partial charge in [-0.3, -0.25) is 4.79 Å². The maximum Gasteiger partial charge on any atom is 0.232 e. The minimum Gasteiger partial charge on any atom is -0.381 e. The molecule has 0 unspecified atom stereocenters. The quantitative estimate of drug-likeness (QED) is 0.821. The molecule has 7 heteroatoms. The smallest absolute Gasteiger partial charge is 0.232 e. The SMILES string of the molecule is NCC1(C(=O)Nc2cnc(Cl)c(Br)c2)CCOCC1. The fourth-order valence-corrected chi connectivity index (χ4v) is 2.49. The zero-order valence-electron chi connectivity index (χ0n) is 10.3. The van der Waals surface area contributed by atoms with Crippen LogP contribution < -0.4 is 11.1 Å². The lowest BCUT2D eigenvalue weighted by atomic mass is 9.79. The molecule has 2 heterocycles. The molecule has 1 fully saturated rings. The van der Waals surface area contributed by atoms with E-state index in [9.17, 15) is 4.79 Å². The Balaban J connectivity index is 2.12. The van der Waals surface area contributed by atoms with Crippen molar-refractivity contribution >= 4 is 39.1 Å². The van der Waals surface area contributed by atoms with E-state index >= 15 is 0 Å². The van der Waals surface area contributed by atoms with Crippen molar-refractivity contribution in [3.05, 3.63) is 21.9 Å². The Kier molecular flexibility index (Phi) is 4.78. The van der Waals surface area contributed by atoms with Crippen LogP contribution >= 0.6 is 27.5 Å². The second-order valence-electron chi connectivity index (χ2n) is 4.55. The number of aromatic nitrogens is 1. The number of carbonyl (C=O) groups is 1. The number of nitrogens with one attached hydrogen (secondary N) is 1. The van der Waals surface area contributed by atoms with Gasteiger partial charge in [0.05, 0.1) is 21.8 Å². The molecule has 3 N–H and O–H groups in total. The van der Waals surface area contributed by atoms with E-state index in [4.69, 9.17) is 22.1 Å². The number of anilines is 1. The summed E-state index contributed by atoms with van der Waals surface area (Å²) < 4.78 is 5.93. The number of nitrogens with two attached hydrogens (primary N) is 1. The zero-order valence-corrected chi connectivity index (χ0v) is 12.6. The van der Waals surface area contributed by atoms with E-state index in [0.29, 0.717) is 47.9 Å². The van der Waals surface area contributed by atoms with Gasteiger partial charge in [0.15, 0.2) is 0 Å². The summed E-state index contributed by atoms with van der Waals surface area (Å²) in [6.45, 7) is 1.44. The molecule has 0 spiro atoms. The Hall–Kier alpha value is -0.690. The van der Waals surface area contributed by atoms with Gasteiger partial charge in [0.2, 0.25) is 5.91 Å². The summed E-state index contributed by atoms with van der Waals surface area (Å²) in [7, 11) is 0. The van der Waals surface area contributed by atoms with Crippen LogP contribution in [0.5, 0.6) is 0 Å². The molecule has 1 amide bonds. The second-order valence-corrected chi connectivity index (χ2v) is 5.76. The second kappa shape index (κ2) is 6.17. The number of halogens is 2. The van der Waals surface area contributed by atoms with Crippen molar-refractivity contribution in [2.75, 3.05) is 25.1 Å². The first-order chi connectivity index (χ1) is 9.07. The van der Waals surface area contributed by atoms with Gasteiger partial charge < -0.3 is 15.8 Å². The van der Waals surface area contributed by atoms with Gasteiger partial charge in [-0.2, -0.15) is 0 Å². The standard InChI is InChI=1S/C12H15BrClN3O2/c13-9-5-8(6-16-10(9)14)17-11(18)12(7-15)1-3-19-4-2-12/h5-6H,1-4,7,15H2,(H,17,18). The van der Waals surface area contributed by atoms with Gasteiger partial charge >= 0.3 is 0 Å². The van der Waals surface area contributed by atoms with Crippen LogP contribution in [0.15, 0.2) is 16.7 Å². The van der Waals surface area contributed by atoms with E-state index in [1.54, 1.807) is 6.07 Å². The van der Waals surface area contributed by atoms with E-state index in [2.05, 4.69) is 26.2 Å². The average molecular weight is 349 g/mol. The van der Waals surface area contributed by atoms with Crippen LogP contribution in [0, 0.1) is 5.41 Å². The number of nitrogens with zero attached hydrogens (tertiary/aromatic N) is 1. The topological polar surface area (TPSA) is 77.2 Å². The van der Waals surface area contributed by atoms with E-state index in [1.165, 1.54) is 6.20 Å². The molecule has 0 aromatic carbocycles. The van der Waals surface area contributed by atoms with Crippen LogP contribution in [0.25, 0.3) is 0 Å². The monoisotopic (exact) mass is 347 g/mol. The highest BCUT2D eigenvalue weighted by atomic mass is 79.9. The van der Waals surface area contributed by atoms with Gasteiger partial charge in [-0.1, -0.05) is 11.6 Å². The van der Waals surface area contributed by atoms with Crippen LogP contribution in [0.1, 0.15) is 12.8 Å². The van der Waals surface area contributed by atoms with E-state index in [-0.39, 0.29) is 5.91 Å². The molecular weight excluding hydrogens is 334 g/mol. The summed E-state index contributed by atoms with van der Waals surface area (Å²) in [5.74, 6) is -0.0886. The first-order valence-corrected chi connectivity index (χ1v) is 7.15. The molecular formula is C12H15BrClN3O2. The number of hydrogen-bond donors (Lipinski definition) is 2. The van der Waals surface area contributed by atoms with Crippen molar-refractivity contribution in [1.82, 2.24) is 4.98 Å². The number of carbonyl (C=O) groups excluding carboxylic acids is 1. The van der Waals surface area contributed by atoms with Crippen molar-refractivity contribution < 1.29 is 9.53 Å². The fourth-order valence-electron chi connectivity index (χ4n) is 2.04. The van der Waals surface area contributed by atoms with Crippen LogP contribution in [0.3, 0.4) is 0 Å². The number of ether oxygens (including phenoxy) is 1. The Bertz CT molecular complexity index is 478. The van der Waals surface area contributed by atoms with Gasteiger partial charge in [0.1, 0.15) is 5.15 Å². The third-order valence-electron chi connectivity index (χ3n) is 3.38. The fraction of sp³-hybridized carbons (Fsp3) is 0.500. The predicted molar refractivity (Wildman–Crippen MR) is 77.1 cm³/mol. The molecule has 5 nitrogen and oxygen atoms in total. The van der Waals surface area contributed by atoms with Gasteiger partial charge in [-0.15, -0.1) is 0 Å². The lowest BCUT2D eigenvalue weighted by Crippen LogP contribution is -2.46. The van der Waals surface area contributed by atoms with Crippen LogP contribution in [0.2, 0.25) is 5.15 Å². The molecule has 19 heavy (non-hydrogen) atoms. The van der Waals surface area contributed by atoms with Crippen molar-refractivity contribution in [2.45, 2.75) is 12.8 Å². The first-order valence-electron chi connectivity index (χ1n) is 5.98. The van der Waals surface area contributed by atoms with Crippen molar-refractivity contribution in [3.8, 4) is 0 Å². The highest BCUT2D eigenvalue weighted by Crippen LogP contribution is 2.31. The Morgan fingerprint density at radius 2 is 2.26 bits per heavy atom. The molecule has 1 aromatic heterocycles. The first kappa shape index (κ1) is 14.7. The van der Waals surface area contributed by atoms with Crippen molar-refractivity contribution in [2.24, 2.45) is 11.1 Å². The normalized spacial score (nSPS) is 18.1. The summed E-state index contributed by atoms with van der Waals surface area (Å²) in [5.41, 5.74) is 5.83. The van der Waals surface area contributed by atoms with Gasteiger partial charge in [-0.05, 0) is 34.8 Å². The predicted octanol–water partition coefficient (Wildman–Crippen LogP) is 2.19. The van der Waals surface area contributed by atoms with Crippen LogP contribution in [-0.4, -0.2) is 30.6 Å². The van der Waals surface area contributed by atoms with Crippen molar-refractivity contribution in [3.63, 3.8) is 0 Å². The molecule has 0 radical (unpaired) electrons. The molecule has 0 bridgehead atoms. The molecule has 0 aliphatic carbocycles. The Morgan fingerprint density at radius 1 is 1.58 bits per heavy atom. The highest BCUT2D eigenvalue weighted by molar-refractivity contribution is 9.10. The summed E-state index contributed by atoms with van der Waals surface area (Å²) in [6, 6.07) is 1.72. The maximum atomic E-state index is 12.4. The summed E-state index contributed by atoms with van der Waals surface area (Å²) >= 11 is 9.09. The summed E-state index contributed by atoms with van der Waals surface area (Å²) in [4.78, 5) is 16.4. The van der Waals surface area contributed by atoms with Gasteiger partial charge in [0.25, 0.3) is 0 Å². The Labute approximate surface area is 125 Å². The maximum absolute atomic E-state index is 12.4. The molecule has 104 valence electrons. The number of hydrogen-bond acceptors (Lipinski definition) is 4. The molecule has 0 saturated carbocycles. The van der Waals surface area contributed by atoms with E-state index in [0.717, 1.165) is 0 Å². The number of rotatable bonds is 3. The highest BCUT2D eigenvalue weighted by Gasteiger charge is 2.38. The van der Waals surface area contributed by atoms with E-state index < -0.39 is 5.41 Å². The lowest BCUT2D eigenvalue weighted by Gasteiger charge is -2.34. The zero-order chi connectivity index (χ0) is 13.9. The molecule has 1 saturated heterocycles. The van der Waals surface area contributed by atoms with Crippen molar-refractivity contribution in [1.29, 1.82) is 0 Å². The lowest BCUT2D eigenvalue weighted by molar-refractivity contribution is -0.130. The minimum atomic E-state index is -0.551. The average Bonchev–Trinajstić information content (AvgIpc) is 2.43.